The van der Waals surface area contributed by atoms with E-state index in [-0.39, 0.29) is 12.1 Å². The molecule has 26 heavy (non-hydrogen) atoms. The average molecular weight is 364 g/mol. The maximum absolute atomic E-state index is 14.0. The standard InChI is InChI=1S/C19H19F3N2O2/c1-4-24-16-11-12(2)5-10-15(16)23-17(24)18(25,19(20,21)22)13-6-8-14(26-3)9-7-13/h5-11,25H,4H2,1-3H3. The van der Waals surface area contributed by atoms with Gasteiger partial charge in [-0.2, -0.15) is 13.2 Å². The quantitative estimate of drug-likeness (QED) is 0.756. The van der Waals surface area contributed by atoms with Gasteiger partial charge in [-0.05, 0) is 43.7 Å². The van der Waals surface area contributed by atoms with E-state index in [0.717, 1.165) is 5.56 Å². The number of aromatic nitrogens is 2. The van der Waals surface area contributed by atoms with Gasteiger partial charge in [-0.25, -0.2) is 4.98 Å². The van der Waals surface area contributed by atoms with Crippen molar-refractivity contribution in [3.63, 3.8) is 0 Å². The van der Waals surface area contributed by atoms with Gasteiger partial charge in [0.05, 0.1) is 18.1 Å². The molecule has 138 valence electrons. The number of rotatable bonds is 4. The number of ether oxygens (including phenoxy) is 1. The molecule has 7 heteroatoms. The first-order valence-corrected chi connectivity index (χ1v) is 8.13. The smallest absolute Gasteiger partial charge is 0.428 e. The summed E-state index contributed by atoms with van der Waals surface area (Å²) in [6, 6.07) is 10.4. The summed E-state index contributed by atoms with van der Waals surface area (Å²) in [6.07, 6.45) is -4.95. The summed E-state index contributed by atoms with van der Waals surface area (Å²) < 4.78 is 48.5. The highest BCUT2D eigenvalue weighted by Gasteiger charge is 2.59. The molecular weight excluding hydrogens is 345 g/mol. The molecule has 0 amide bonds. The zero-order valence-corrected chi connectivity index (χ0v) is 14.6. The van der Waals surface area contributed by atoms with Crippen LogP contribution in [0.4, 0.5) is 13.2 Å². The van der Waals surface area contributed by atoms with E-state index >= 15 is 0 Å². The van der Waals surface area contributed by atoms with Crippen molar-refractivity contribution in [2.45, 2.75) is 32.2 Å². The van der Waals surface area contributed by atoms with E-state index in [4.69, 9.17) is 4.74 Å². The first-order chi connectivity index (χ1) is 12.2. The number of fused-ring (bicyclic) bond motifs is 1. The van der Waals surface area contributed by atoms with Crippen molar-refractivity contribution in [1.29, 1.82) is 0 Å². The molecule has 0 aliphatic carbocycles. The molecule has 0 aliphatic rings. The molecule has 1 N–H and O–H groups in total. The van der Waals surface area contributed by atoms with Crippen molar-refractivity contribution >= 4 is 11.0 Å². The minimum Gasteiger partial charge on any atom is -0.497 e. The van der Waals surface area contributed by atoms with Crippen molar-refractivity contribution < 1.29 is 23.0 Å². The summed E-state index contributed by atoms with van der Waals surface area (Å²) in [7, 11) is 1.42. The molecule has 0 bridgehead atoms. The molecule has 0 fully saturated rings. The van der Waals surface area contributed by atoms with Gasteiger partial charge in [0.1, 0.15) is 5.75 Å². The van der Waals surface area contributed by atoms with Crippen molar-refractivity contribution in [3.05, 3.63) is 59.4 Å². The van der Waals surface area contributed by atoms with Crippen molar-refractivity contribution in [1.82, 2.24) is 9.55 Å². The summed E-state index contributed by atoms with van der Waals surface area (Å²) in [5, 5.41) is 10.9. The number of hydrogen-bond acceptors (Lipinski definition) is 3. The van der Waals surface area contributed by atoms with Crippen LogP contribution in [0.25, 0.3) is 11.0 Å². The van der Waals surface area contributed by atoms with Crippen LogP contribution in [0.1, 0.15) is 23.9 Å². The molecule has 0 spiro atoms. The summed E-state index contributed by atoms with van der Waals surface area (Å²) in [5.41, 5.74) is -1.68. The molecule has 0 saturated heterocycles. The van der Waals surface area contributed by atoms with Crippen LogP contribution in [0, 0.1) is 6.92 Å². The van der Waals surface area contributed by atoms with Gasteiger partial charge in [0.2, 0.25) is 5.60 Å². The van der Waals surface area contributed by atoms with Gasteiger partial charge in [0.15, 0.2) is 5.82 Å². The number of aryl methyl sites for hydroxylation is 2. The zero-order chi connectivity index (χ0) is 19.1. The number of alkyl halides is 3. The van der Waals surface area contributed by atoms with Gasteiger partial charge in [0, 0.05) is 12.1 Å². The maximum Gasteiger partial charge on any atom is 0.428 e. The Balaban J connectivity index is 2.31. The van der Waals surface area contributed by atoms with Crippen molar-refractivity contribution in [2.24, 2.45) is 0 Å². The molecule has 0 saturated carbocycles. The normalized spacial score (nSPS) is 14.4. The van der Waals surface area contributed by atoms with E-state index in [9.17, 15) is 18.3 Å². The number of hydrogen-bond donors (Lipinski definition) is 1. The molecule has 1 atom stereocenters. The van der Waals surface area contributed by atoms with E-state index < -0.39 is 17.6 Å². The molecule has 1 unspecified atom stereocenters. The number of aliphatic hydroxyl groups is 1. The minimum atomic E-state index is -4.95. The highest BCUT2D eigenvalue weighted by Crippen LogP contribution is 2.45. The Morgan fingerprint density at radius 2 is 1.77 bits per heavy atom. The molecular formula is C19H19F3N2O2. The van der Waals surface area contributed by atoms with Gasteiger partial charge in [-0.1, -0.05) is 18.2 Å². The monoisotopic (exact) mass is 364 g/mol. The minimum absolute atomic E-state index is 0.240. The Bertz CT molecular complexity index is 932. The van der Waals surface area contributed by atoms with Crippen LogP contribution >= 0.6 is 0 Å². The topological polar surface area (TPSA) is 47.3 Å². The Hall–Kier alpha value is -2.54. The number of halogens is 3. The van der Waals surface area contributed by atoms with Crippen LogP contribution in [0.3, 0.4) is 0 Å². The fourth-order valence-electron chi connectivity index (χ4n) is 3.08. The lowest BCUT2D eigenvalue weighted by atomic mass is 9.92. The van der Waals surface area contributed by atoms with E-state index in [1.165, 1.54) is 35.9 Å². The van der Waals surface area contributed by atoms with Crippen LogP contribution in [0.15, 0.2) is 42.5 Å². The summed E-state index contributed by atoms with van der Waals surface area (Å²) in [6.45, 7) is 3.81. The number of benzene rings is 2. The fourth-order valence-corrected chi connectivity index (χ4v) is 3.08. The molecule has 1 heterocycles. The number of methoxy groups -OCH3 is 1. The van der Waals surface area contributed by atoms with E-state index in [0.29, 0.717) is 16.8 Å². The molecule has 3 rings (SSSR count). The van der Waals surface area contributed by atoms with Gasteiger partial charge >= 0.3 is 6.18 Å². The number of nitrogens with zero attached hydrogens (tertiary/aromatic N) is 2. The predicted octanol–water partition coefficient (Wildman–Crippen LogP) is 4.17. The third-order valence-electron chi connectivity index (χ3n) is 4.46. The maximum atomic E-state index is 14.0. The van der Waals surface area contributed by atoms with Gasteiger partial charge in [-0.3, -0.25) is 0 Å². The van der Waals surface area contributed by atoms with Crippen LogP contribution in [0.5, 0.6) is 5.75 Å². The van der Waals surface area contributed by atoms with E-state index in [1.807, 2.05) is 6.92 Å². The third-order valence-corrected chi connectivity index (χ3v) is 4.46. The fraction of sp³-hybridized carbons (Fsp3) is 0.316. The van der Waals surface area contributed by atoms with Crippen LogP contribution in [-0.2, 0) is 12.1 Å². The number of imidazole rings is 1. The van der Waals surface area contributed by atoms with Crippen molar-refractivity contribution in [2.75, 3.05) is 7.11 Å². The SMILES string of the molecule is CCn1c(C(O)(c2ccc(OC)cc2)C(F)(F)F)nc2ccc(C)cc21. The molecule has 2 aromatic carbocycles. The predicted molar refractivity (Wildman–Crippen MR) is 92.2 cm³/mol. The van der Waals surface area contributed by atoms with Gasteiger partial charge < -0.3 is 14.4 Å². The average Bonchev–Trinajstić information content (AvgIpc) is 2.98. The molecule has 0 aliphatic heterocycles. The molecule has 3 aromatic rings. The van der Waals surface area contributed by atoms with Gasteiger partial charge in [-0.15, -0.1) is 0 Å². The second-order valence-electron chi connectivity index (χ2n) is 6.11. The Morgan fingerprint density at radius 3 is 2.31 bits per heavy atom. The second kappa shape index (κ2) is 6.32. The molecule has 1 aromatic heterocycles. The van der Waals surface area contributed by atoms with E-state index in [1.54, 1.807) is 25.1 Å². The molecule has 4 nitrogen and oxygen atoms in total. The van der Waals surface area contributed by atoms with Gasteiger partial charge in [0.25, 0.3) is 0 Å². The zero-order valence-electron chi connectivity index (χ0n) is 14.6. The van der Waals surface area contributed by atoms with Crippen LogP contribution in [-0.4, -0.2) is 27.9 Å². The summed E-state index contributed by atoms with van der Waals surface area (Å²) >= 11 is 0. The Morgan fingerprint density at radius 1 is 1.12 bits per heavy atom. The largest absolute Gasteiger partial charge is 0.497 e. The lowest BCUT2D eigenvalue weighted by Crippen LogP contribution is -2.45. The van der Waals surface area contributed by atoms with Crippen molar-refractivity contribution in [3.8, 4) is 5.75 Å². The third kappa shape index (κ3) is 2.72. The summed E-state index contributed by atoms with van der Waals surface area (Å²) in [4.78, 5) is 4.14. The van der Waals surface area contributed by atoms with Crippen LogP contribution in [0.2, 0.25) is 0 Å². The highest BCUT2D eigenvalue weighted by molar-refractivity contribution is 5.77. The lowest BCUT2D eigenvalue weighted by Gasteiger charge is -2.31. The highest BCUT2D eigenvalue weighted by atomic mass is 19.4. The van der Waals surface area contributed by atoms with E-state index in [2.05, 4.69) is 4.98 Å². The molecule has 0 radical (unpaired) electrons. The first-order valence-electron chi connectivity index (χ1n) is 8.13. The first kappa shape index (κ1) is 18.3. The summed E-state index contributed by atoms with van der Waals surface area (Å²) in [5.74, 6) is -0.0452. The second-order valence-corrected chi connectivity index (χ2v) is 6.11. The lowest BCUT2D eigenvalue weighted by molar-refractivity contribution is -0.252. The van der Waals surface area contributed by atoms with Crippen LogP contribution < -0.4 is 4.74 Å². The Kier molecular flexibility index (Phi) is 4.44. The Labute approximate surface area is 148 Å².